The molecular formula is C21H22O4S2. The molecule has 0 spiro atoms. The smallest absolute Gasteiger partial charge is 0.346 e. The number of cyclic esters (lactones) is 1. The zero-order chi connectivity index (χ0) is 19.7. The Morgan fingerprint density at radius 3 is 2.07 bits per heavy atom. The minimum atomic E-state index is -3.28. The molecule has 0 amide bonds. The average Bonchev–Trinajstić information content (AvgIpc) is 2.94. The monoisotopic (exact) mass is 402 g/mol. The van der Waals surface area contributed by atoms with Crippen molar-refractivity contribution in [1.82, 2.24) is 0 Å². The molecule has 3 rings (SSSR count). The number of sulfone groups is 1. The molecule has 0 aromatic heterocycles. The van der Waals surface area contributed by atoms with Crippen molar-refractivity contribution in [3.63, 3.8) is 0 Å². The Kier molecular flexibility index (Phi) is 5.49. The summed E-state index contributed by atoms with van der Waals surface area (Å²) in [6.07, 6.45) is 2.48. The van der Waals surface area contributed by atoms with Crippen molar-refractivity contribution in [3.05, 3.63) is 65.1 Å². The van der Waals surface area contributed by atoms with Gasteiger partial charge in [0, 0.05) is 16.7 Å². The number of hydrogen-bond donors (Lipinski definition) is 0. The van der Waals surface area contributed by atoms with Gasteiger partial charge in [-0.1, -0.05) is 55.9 Å². The normalized spacial score (nSPS) is 16.5. The Hall–Kier alpha value is -2.05. The van der Waals surface area contributed by atoms with Gasteiger partial charge in [0.05, 0.1) is 4.90 Å². The van der Waals surface area contributed by atoms with Crippen LogP contribution < -0.4 is 0 Å². The van der Waals surface area contributed by atoms with Crippen LogP contribution in [0.15, 0.2) is 69.3 Å². The molecule has 1 aliphatic heterocycles. The highest BCUT2D eigenvalue weighted by atomic mass is 32.2. The molecular weight excluding hydrogens is 380 g/mol. The number of carbonyl (C=O) groups is 1. The Morgan fingerprint density at radius 1 is 0.963 bits per heavy atom. The predicted molar refractivity (Wildman–Crippen MR) is 108 cm³/mol. The third-order valence-electron chi connectivity index (χ3n) is 4.83. The molecule has 4 nitrogen and oxygen atoms in total. The van der Waals surface area contributed by atoms with Crippen molar-refractivity contribution in [1.29, 1.82) is 0 Å². The van der Waals surface area contributed by atoms with Crippen molar-refractivity contribution in [2.45, 2.75) is 42.1 Å². The van der Waals surface area contributed by atoms with Crippen molar-refractivity contribution in [3.8, 4) is 0 Å². The summed E-state index contributed by atoms with van der Waals surface area (Å²) in [5, 5.41) is 0. The molecule has 142 valence electrons. The fraction of sp³-hybridized carbons (Fsp3) is 0.286. The van der Waals surface area contributed by atoms with Crippen LogP contribution in [-0.2, 0) is 19.4 Å². The maximum absolute atomic E-state index is 12.7. The van der Waals surface area contributed by atoms with E-state index in [0.717, 1.165) is 16.0 Å². The fourth-order valence-corrected chi connectivity index (χ4v) is 4.98. The number of hydrogen-bond acceptors (Lipinski definition) is 5. The number of ether oxygens (including phenoxy) is 1. The first-order valence-electron chi connectivity index (χ1n) is 8.82. The van der Waals surface area contributed by atoms with Gasteiger partial charge in [-0.2, -0.15) is 0 Å². The maximum atomic E-state index is 12.7. The van der Waals surface area contributed by atoms with Crippen molar-refractivity contribution in [2.75, 3.05) is 6.26 Å². The molecule has 0 saturated heterocycles. The van der Waals surface area contributed by atoms with Crippen LogP contribution in [0.3, 0.4) is 0 Å². The van der Waals surface area contributed by atoms with Crippen molar-refractivity contribution < 1.29 is 17.9 Å². The van der Waals surface area contributed by atoms with E-state index in [1.807, 2.05) is 44.2 Å². The second kappa shape index (κ2) is 7.52. The summed E-state index contributed by atoms with van der Waals surface area (Å²) >= 11 is 1.39. The molecule has 0 unspecified atom stereocenters. The predicted octanol–water partition coefficient (Wildman–Crippen LogP) is 4.71. The summed E-state index contributed by atoms with van der Waals surface area (Å²) in [6.45, 7) is 4.00. The second-order valence-electron chi connectivity index (χ2n) is 6.51. The van der Waals surface area contributed by atoms with E-state index < -0.39 is 15.4 Å². The summed E-state index contributed by atoms with van der Waals surface area (Å²) < 4.78 is 29.4. The molecule has 0 atom stereocenters. The van der Waals surface area contributed by atoms with Gasteiger partial charge in [-0.25, -0.2) is 13.2 Å². The molecule has 2 aromatic carbocycles. The summed E-state index contributed by atoms with van der Waals surface area (Å²) in [5.41, 5.74) is 0.961. The van der Waals surface area contributed by atoms with E-state index in [1.165, 1.54) is 18.0 Å². The fourth-order valence-electron chi connectivity index (χ4n) is 3.29. The van der Waals surface area contributed by atoms with E-state index in [2.05, 4.69) is 0 Å². The Balaban J connectivity index is 2.15. The van der Waals surface area contributed by atoms with Gasteiger partial charge in [-0.05, 0) is 42.7 Å². The van der Waals surface area contributed by atoms with Gasteiger partial charge in [0.1, 0.15) is 10.5 Å². The summed E-state index contributed by atoms with van der Waals surface area (Å²) in [4.78, 5) is 14.5. The first kappa shape index (κ1) is 19.7. The van der Waals surface area contributed by atoms with E-state index in [4.69, 9.17) is 4.74 Å². The number of thioether (sulfide) groups is 1. The Bertz CT molecular complexity index is 971. The third-order valence-corrected chi connectivity index (χ3v) is 7.04. The quantitative estimate of drug-likeness (QED) is 0.655. The molecule has 1 heterocycles. The van der Waals surface area contributed by atoms with Crippen molar-refractivity contribution >= 4 is 33.1 Å². The lowest BCUT2D eigenvalue weighted by atomic mass is 9.85. The second-order valence-corrected chi connectivity index (χ2v) is 9.61. The van der Waals surface area contributed by atoms with E-state index in [0.29, 0.717) is 17.7 Å². The highest BCUT2D eigenvalue weighted by Crippen LogP contribution is 2.49. The van der Waals surface area contributed by atoms with Crippen LogP contribution in [0.1, 0.15) is 32.3 Å². The van der Waals surface area contributed by atoms with Crippen LogP contribution in [0.4, 0.5) is 0 Å². The largest absolute Gasteiger partial charge is 0.450 e. The van der Waals surface area contributed by atoms with Gasteiger partial charge in [0.25, 0.3) is 0 Å². The SMILES string of the molecule is CCC1(CC)OC(=O)C(Sc2ccccc2)=C1c1ccc(S(C)(=O)=O)cc1. The van der Waals surface area contributed by atoms with Gasteiger partial charge in [0.15, 0.2) is 9.84 Å². The molecule has 1 aliphatic rings. The van der Waals surface area contributed by atoms with Gasteiger partial charge in [0.2, 0.25) is 0 Å². The molecule has 0 saturated carbocycles. The first-order chi connectivity index (χ1) is 12.8. The number of rotatable bonds is 6. The number of esters is 1. The topological polar surface area (TPSA) is 60.4 Å². The van der Waals surface area contributed by atoms with Crippen LogP contribution in [-0.4, -0.2) is 26.2 Å². The molecule has 27 heavy (non-hydrogen) atoms. The zero-order valence-electron chi connectivity index (χ0n) is 15.6. The highest BCUT2D eigenvalue weighted by molar-refractivity contribution is 8.04. The van der Waals surface area contributed by atoms with E-state index in [-0.39, 0.29) is 10.9 Å². The minimum Gasteiger partial charge on any atom is -0.450 e. The molecule has 0 N–H and O–H groups in total. The minimum absolute atomic E-state index is 0.257. The van der Waals surface area contributed by atoms with Crippen LogP contribution in [0.25, 0.3) is 5.57 Å². The van der Waals surface area contributed by atoms with E-state index >= 15 is 0 Å². The van der Waals surface area contributed by atoms with Crippen LogP contribution in [0.5, 0.6) is 0 Å². The van der Waals surface area contributed by atoms with Crippen LogP contribution in [0.2, 0.25) is 0 Å². The standard InChI is InChI=1S/C21H22O4S2/c1-4-21(5-2)18(15-11-13-17(14-12-15)27(3,23)24)19(20(22)25-21)26-16-9-7-6-8-10-16/h6-14H,4-5H2,1-3H3. The molecule has 0 bridgehead atoms. The highest BCUT2D eigenvalue weighted by Gasteiger charge is 2.46. The van der Waals surface area contributed by atoms with Gasteiger partial charge in [-0.15, -0.1) is 0 Å². The van der Waals surface area contributed by atoms with Gasteiger partial charge < -0.3 is 4.74 Å². The van der Waals surface area contributed by atoms with Crippen LogP contribution >= 0.6 is 11.8 Å². The number of benzene rings is 2. The molecule has 0 radical (unpaired) electrons. The van der Waals surface area contributed by atoms with Gasteiger partial charge in [-0.3, -0.25) is 0 Å². The van der Waals surface area contributed by atoms with E-state index in [1.54, 1.807) is 24.3 Å². The summed E-state index contributed by atoms with van der Waals surface area (Å²) in [6, 6.07) is 16.4. The van der Waals surface area contributed by atoms with Gasteiger partial charge >= 0.3 is 5.97 Å². The lowest BCUT2D eigenvalue weighted by molar-refractivity contribution is -0.145. The maximum Gasteiger partial charge on any atom is 0.346 e. The van der Waals surface area contributed by atoms with Crippen LogP contribution in [0, 0.1) is 0 Å². The molecule has 0 fully saturated rings. The lowest BCUT2D eigenvalue weighted by Gasteiger charge is -2.29. The summed E-state index contributed by atoms with van der Waals surface area (Å²) in [7, 11) is -3.28. The Labute approximate surface area is 164 Å². The first-order valence-corrected chi connectivity index (χ1v) is 11.5. The zero-order valence-corrected chi connectivity index (χ0v) is 17.2. The third kappa shape index (κ3) is 3.82. The molecule has 2 aromatic rings. The molecule has 6 heteroatoms. The Morgan fingerprint density at radius 2 is 1.56 bits per heavy atom. The lowest BCUT2D eigenvalue weighted by Crippen LogP contribution is -2.29. The number of carbonyl (C=O) groups excluding carboxylic acids is 1. The van der Waals surface area contributed by atoms with E-state index in [9.17, 15) is 13.2 Å². The van der Waals surface area contributed by atoms with Crippen molar-refractivity contribution in [2.24, 2.45) is 0 Å². The average molecular weight is 403 g/mol. The summed E-state index contributed by atoms with van der Waals surface area (Å²) in [5.74, 6) is -0.324. The molecule has 0 aliphatic carbocycles.